The summed E-state index contributed by atoms with van der Waals surface area (Å²) >= 11 is 1.65. The van der Waals surface area contributed by atoms with Crippen molar-refractivity contribution in [2.24, 2.45) is 0 Å². The average molecular weight is 410 g/mol. The molecule has 8 heteroatoms. The summed E-state index contributed by atoms with van der Waals surface area (Å²) in [7, 11) is 0. The number of nitrogens with one attached hydrogen (secondary N) is 2. The number of H-pyrrole nitrogens is 2. The first-order chi connectivity index (χ1) is 14.8. The monoisotopic (exact) mass is 410 g/mol. The van der Waals surface area contributed by atoms with E-state index >= 15 is 0 Å². The summed E-state index contributed by atoms with van der Waals surface area (Å²) in [6, 6.07) is 9.78. The van der Waals surface area contributed by atoms with Gasteiger partial charge in [0.2, 0.25) is 0 Å². The molecule has 6 aromatic heterocycles. The van der Waals surface area contributed by atoms with Crippen molar-refractivity contribution in [3.63, 3.8) is 0 Å². The van der Waals surface area contributed by atoms with Crippen molar-refractivity contribution in [3.05, 3.63) is 65.9 Å². The van der Waals surface area contributed by atoms with Crippen molar-refractivity contribution in [1.82, 2.24) is 30.1 Å². The summed E-state index contributed by atoms with van der Waals surface area (Å²) in [5.74, 6) is 0.115. The fraction of sp³-hybridized carbons (Fsp3) is 0. The van der Waals surface area contributed by atoms with Crippen LogP contribution in [0.1, 0.15) is 0 Å². The normalized spacial score (nSPS) is 11.5. The summed E-state index contributed by atoms with van der Waals surface area (Å²) < 4.78 is 0. The topological polar surface area (TPSA) is 103 Å². The Kier molecular flexibility index (Phi) is 3.65. The number of aromatic amines is 2. The van der Waals surface area contributed by atoms with Gasteiger partial charge in [0.15, 0.2) is 5.65 Å². The third kappa shape index (κ3) is 2.66. The second-order valence-corrected chi connectivity index (χ2v) is 7.72. The van der Waals surface area contributed by atoms with Crippen LogP contribution in [0.5, 0.6) is 5.75 Å². The molecule has 7 nitrogen and oxygen atoms in total. The number of fused-ring (bicyclic) bond motifs is 2. The molecule has 0 fully saturated rings. The van der Waals surface area contributed by atoms with Crippen LogP contribution >= 0.6 is 11.3 Å². The van der Waals surface area contributed by atoms with Crippen molar-refractivity contribution < 1.29 is 5.11 Å². The van der Waals surface area contributed by atoms with Crippen molar-refractivity contribution in [3.8, 4) is 39.5 Å². The van der Waals surface area contributed by atoms with Gasteiger partial charge in [-0.25, -0.2) is 4.98 Å². The van der Waals surface area contributed by atoms with Gasteiger partial charge in [0.25, 0.3) is 0 Å². The van der Waals surface area contributed by atoms with Crippen molar-refractivity contribution >= 4 is 33.3 Å². The lowest BCUT2D eigenvalue weighted by Gasteiger charge is -2.02. The summed E-state index contributed by atoms with van der Waals surface area (Å²) in [5.41, 5.74) is 7.04. The lowest BCUT2D eigenvalue weighted by Crippen LogP contribution is -1.84. The van der Waals surface area contributed by atoms with E-state index in [0.29, 0.717) is 5.65 Å². The fourth-order valence-electron chi connectivity index (χ4n) is 3.66. The number of aromatic hydroxyl groups is 1. The minimum Gasteiger partial charge on any atom is -0.506 e. The molecule has 6 aromatic rings. The molecular formula is C22H14N6OS. The highest BCUT2D eigenvalue weighted by atomic mass is 32.1. The van der Waals surface area contributed by atoms with Crippen LogP contribution in [-0.4, -0.2) is 35.2 Å². The van der Waals surface area contributed by atoms with Crippen LogP contribution in [0.3, 0.4) is 0 Å². The van der Waals surface area contributed by atoms with Crippen LogP contribution in [-0.2, 0) is 0 Å². The molecule has 0 saturated carbocycles. The van der Waals surface area contributed by atoms with E-state index in [9.17, 15) is 5.11 Å². The van der Waals surface area contributed by atoms with E-state index in [1.807, 2.05) is 23.7 Å². The number of aromatic nitrogens is 6. The molecule has 3 N–H and O–H groups in total. The van der Waals surface area contributed by atoms with Gasteiger partial charge in [-0.3, -0.25) is 15.1 Å². The van der Waals surface area contributed by atoms with Gasteiger partial charge in [-0.1, -0.05) is 0 Å². The molecule has 30 heavy (non-hydrogen) atoms. The van der Waals surface area contributed by atoms with E-state index < -0.39 is 0 Å². The van der Waals surface area contributed by atoms with Gasteiger partial charge in [-0.2, -0.15) is 16.4 Å². The van der Waals surface area contributed by atoms with Gasteiger partial charge in [0.05, 0.1) is 17.6 Å². The number of rotatable bonds is 3. The van der Waals surface area contributed by atoms with Crippen LogP contribution in [0.25, 0.3) is 55.7 Å². The standard InChI is InChI=1S/C22H14N6OS/c29-15-5-13(8-23-10-15)14-6-17-21(27-28-22(17)25-9-14)19-7-16-18(26-19)1-3-24-20(16)12-2-4-30-11-12/h1-11,26,29H,(H,25,27,28). The highest BCUT2D eigenvalue weighted by Gasteiger charge is 2.15. The lowest BCUT2D eigenvalue weighted by molar-refractivity contribution is 0.473. The third-order valence-corrected chi connectivity index (χ3v) is 5.75. The molecule has 6 heterocycles. The molecule has 0 unspecified atom stereocenters. The molecule has 0 bridgehead atoms. The predicted octanol–water partition coefficient (Wildman–Crippen LogP) is 5.00. The van der Waals surface area contributed by atoms with Crippen LogP contribution in [0.15, 0.2) is 65.9 Å². The lowest BCUT2D eigenvalue weighted by atomic mass is 10.1. The Balaban J connectivity index is 1.52. The first-order valence-electron chi connectivity index (χ1n) is 9.25. The molecule has 144 valence electrons. The molecule has 0 aliphatic rings. The summed E-state index contributed by atoms with van der Waals surface area (Å²) in [6.45, 7) is 0. The second-order valence-electron chi connectivity index (χ2n) is 6.94. The van der Waals surface area contributed by atoms with Gasteiger partial charge in [-0.15, -0.1) is 0 Å². The molecule has 0 aromatic carbocycles. The molecule has 0 radical (unpaired) electrons. The second kappa shape index (κ2) is 6.50. The van der Waals surface area contributed by atoms with Gasteiger partial charge in [0, 0.05) is 57.0 Å². The zero-order chi connectivity index (χ0) is 20.1. The van der Waals surface area contributed by atoms with Crippen LogP contribution in [0, 0.1) is 0 Å². The Morgan fingerprint density at radius 1 is 0.867 bits per heavy atom. The van der Waals surface area contributed by atoms with Crippen molar-refractivity contribution in [2.75, 3.05) is 0 Å². The number of nitrogens with zero attached hydrogens (tertiary/aromatic N) is 4. The maximum absolute atomic E-state index is 9.75. The number of pyridine rings is 3. The fourth-order valence-corrected chi connectivity index (χ4v) is 4.30. The Bertz CT molecular complexity index is 1520. The van der Waals surface area contributed by atoms with Crippen LogP contribution < -0.4 is 0 Å². The summed E-state index contributed by atoms with van der Waals surface area (Å²) in [4.78, 5) is 16.6. The van der Waals surface area contributed by atoms with Crippen molar-refractivity contribution in [2.45, 2.75) is 0 Å². The van der Waals surface area contributed by atoms with E-state index in [1.54, 1.807) is 29.8 Å². The predicted molar refractivity (Wildman–Crippen MR) is 117 cm³/mol. The zero-order valence-electron chi connectivity index (χ0n) is 15.5. The van der Waals surface area contributed by atoms with E-state index in [-0.39, 0.29) is 5.75 Å². The Morgan fingerprint density at radius 3 is 2.67 bits per heavy atom. The molecule has 0 spiro atoms. The first-order valence-corrected chi connectivity index (χ1v) is 10.2. The number of hydrogen-bond donors (Lipinski definition) is 3. The molecule has 0 atom stereocenters. The quantitative estimate of drug-likeness (QED) is 0.381. The van der Waals surface area contributed by atoms with Crippen molar-refractivity contribution in [1.29, 1.82) is 0 Å². The summed E-state index contributed by atoms with van der Waals surface area (Å²) in [6.07, 6.45) is 6.66. The maximum Gasteiger partial charge on any atom is 0.155 e. The molecule has 0 saturated heterocycles. The minimum absolute atomic E-state index is 0.115. The van der Waals surface area contributed by atoms with Gasteiger partial charge in [-0.05, 0) is 35.7 Å². The number of hydrogen-bond acceptors (Lipinski definition) is 6. The number of thiophene rings is 1. The molecule has 6 rings (SSSR count). The molecule has 0 amide bonds. The first kappa shape index (κ1) is 16.9. The van der Waals surface area contributed by atoms with E-state index in [2.05, 4.69) is 47.6 Å². The van der Waals surface area contributed by atoms with E-state index in [4.69, 9.17) is 0 Å². The molecule has 0 aliphatic heterocycles. The average Bonchev–Trinajstić information content (AvgIpc) is 3.51. The molecular weight excluding hydrogens is 396 g/mol. The molecule has 0 aliphatic carbocycles. The van der Waals surface area contributed by atoms with Gasteiger partial charge >= 0.3 is 0 Å². The Hall–Kier alpha value is -4.04. The SMILES string of the molecule is Oc1cncc(-c2cnc3[nH]nc(-c4cc5c(-c6ccsc6)nccc5[nH]4)c3c2)c1. The van der Waals surface area contributed by atoms with E-state index in [0.717, 1.165) is 50.1 Å². The zero-order valence-corrected chi connectivity index (χ0v) is 16.3. The Morgan fingerprint density at radius 2 is 1.80 bits per heavy atom. The smallest absolute Gasteiger partial charge is 0.155 e. The largest absolute Gasteiger partial charge is 0.506 e. The van der Waals surface area contributed by atoms with Crippen LogP contribution in [0.2, 0.25) is 0 Å². The highest BCUT2D eigenvalue weighted by Crippen LogP contribution is 2.34. The van der Waals surface area contributed by atoms with Gasteiger partial charge in [0.1, 0.15) is 11.4 Å². The Labute approximate surface area is 174 Å². The third-order valence-electron chi connectivity index (χ3n) is 5.07. The summed E-state index contributed by atoms with van der Waals surface area (Å²) in [5, 5.41) is 23.3. The maximum atomic E-state index is 9.75. The van der Waals surface area contributed by atoms with E-state index in [1.165, 1.54) is 6.20 Å². The van der Waals surface area contributed by atoms with Gasteiger partial charge < -0.3 is 10.1 Å². The minimum atomic E-state index is 0.115. The van der Waals surface area contributed by atoms with Crippen LogP contribution in [0.4, 0.5) is 0 Å². The highest BCUT2D eigenvalue weighted by molar-refractivity contribution is 7.08.